The van der Waals surface area contributed by atoms with Gasteiger partial charge < -0.3 is 15.7 Å². The number of fused-ring (bicyclic) bond motifs is 1. The molecular weight excluding hydrogens is 399 g/mol. The average Bonchev–Trinajstić information content (AvgIpc) is 3.04. The number of hydrogen-bond acceptors (Lipinski definition) is 6. The summed E-state index contributed by atoms with van der Waals surface area (Å²) in [6.07, 6.45) is -0.338. The Morgan fingerprint density at radius 1 is 1.23 bits per heavy atom. The normalized spacial score (nSPS) is 19.1. The van der Waals surface area contributed by atoms with Gasteiger partial charge in [0.2, 0.25) is 5.91 Å². The highest BCUT2D eigenvalue weighted by molar-refractivity contribution is 6.00. The molecule has 2 aromatic heterocycles. The standard InChI is InChI=1S/C20H18F3N5O2/c1-19(6-4-16(30)26-19)10-25-18-14-9-24-7-5-12(14)17(27-28-18)13-3-2-11(8-15(13)29)20(21,22)23/h2-3,5,7-9,29H,4,6,10H2,1H3,(H,25,28)(H,26,30)/t19-/m1/s1. The first-order valence-electron chi connectivity index (χ1n) is 9.22. The Morgan fingerprint density at radius 3 is 2.70 bits per heavy atom. The van der Waals surface area contributed by atoms with E-state index >= 15 is 0 Å². The molecule has 0 saturated carbocycles. The first-order valence-corrected chi connectivity index (χ1v) is 9.22. The maximum Gasteiger partial charge on any atom is 0.416 e. The van der Waals surface area contributed by atoms with Crippen LogP contribution in [0.3, 0.4) is 0 Å². The molecule has 1 aromatic carbocycles. The molecule has 1 amide bonds. The van der Waals surface area contributed by atoms with Gasteiger partial charge in [-0.2, -0.15) is 13.2 Å². The van der Waals surface area contributed by atoms with Gasteiger partial charge in [0.05, 0.1) is 11.1 Å². The van der Waals surface area contributed by atoms with Crippen molar-refractivity contribution in [2.45, 2.75) is 31.5 Å². The van der Waals surface area contributed by atoms with Crippen molar-refractivity contribution in [1.82, 2.24) is 20.5 Å². The molecule has 0 aliphatic carbocycles. The van der Waals surface area contributed by atoms with E-state index in [0.717, 1.165) is 6.07 Å². The zero-order valence-corrected chi connectivity index (χ0v) is 15.9. The molecular formula is C20H18F3N5O2. The molecule has 4 rings (SSSR count). The van der Waals surface area contributed by atoms with Crippen molar-refractivity contribution < 1.29 is 23.1 Å². The summed E-state index contributed by atoms with van der Waals surface area (Å²) in [5.74, 6) is -0.125. The van der Waals surface area contributed by atoms with Crippen LogP contribution in [0, 0.1) is 0 Å². The zero-order valence-electron chi connectivity index (χ0n) is 15.9. The summed E-state index contributed by atoms with van der Waals surface area (Å²) >= 11 is 0. The van der Waals surface area contributed by atoms with Crippen LogP contribution in [0.15, 0.2) is 36.7 Å². The number of alkyl halides is 3. The van der Waals surface area contributed by atoms with Crippen LogP contribution in [0.1, 0.15) is 25.3 Å². The predicted octanol–water partition coefficient (Wildman–Crippen LogP) is 3.50. The first kappa shape index (κ1) is 19.9. The fraction of sp³-hybridized carbons (Fsp3) is 0.300. The van der Waals surface area contributed by atoms with Gasteiger partial charge >= 0.3 is 6.18 Å². The average molecular weight is 417 g/mol. The Morgan fingerprint density at radius 2 is 2.03 bits per heavy atom. The largest absolute Gasteiger partial charge is 0.507 e. The number of nitrogens with zero attached hydrogens (tertiary/aromatic N) is 3. The maximum atomic E-state index is 12.9. The van der Waals surface area contributed by atoms with Crippen molar-refractivity contribution in [2.24, 2.45) is 0 Å². The van der Waals surface area contributed by atoms with E-state index in [9.17, 15) is 23.1 Å². The molecule has 1 aliphatic rings. The van der Waals surface area contributed by atoms with Crippen LogP contribution < -0.4 is 10.6 Å². The lowest BCUT2D eigenvalue weighted by Gasteiger charge is -2.24. The first-order chi connectivity index (χ1) is 14.2. The van der Waals surface area contributed by atoms with Gasteiger partial charge in [0.15, 0.2) is 5.82 Å². The van der Waals surface area contributed by atoms with Crippen LogP contribution in [-0.2, 0) is 11.0 Å². The van der Waals surface area contributed by atoms with Crippen LogP contribution >= 0.6 is 0 Å². The molecule has 0 unspecified atom stereocenters. The van der Waals surface area contributed by atoms with E-state index in [-0.39, 0.29) is 17.2 Å². The fourth-order valence-corrected chi connectivity index (χ4v) is 3.50. The third-order valence-corrected chi connectivity index (χ3v) is 5.15. The Bertz CT molecular complexity index is 1140. The van der Waals surface area contributed by atoms with Crippen molar-refractivity contribution >= 4 is 22.5 Å². The molecule has 3 N–H and O–H groups in total. The molecule has 10 heteroatoms. The second-order valence-corrected chi connectivity index (χ2v) is 7.51. The van der Waals surface area contributed by atoms with Gasteiger partial charge in [-0.15, -0.1) is 10.2 Å². The highest BCUT2D eigenvalue weighted by Crippen LogP contribution is 2.38. The third kappa shape index (κ3) is 3.72. The number of aromatic hydroxyl groups is 1. The van der Waals surface area contributed by atoms with Gasteiger partial charge in [0.25, 0.3) is 0 Å². The summed E-state index contributed by atoms with van der Waals surface area (Å²) in [7, 11) is 0. The molecule has 3 heterocycles. The van der Waals surface area contributed by atoms with Gasteiger partial charge in [-0.1, -0.05) is 0 Å². The van der Waals surface area contributed by atoms with Crippen LogP contribution in [-0.4, -0.2) is 38.3 Å². The maximum absolute atomic E-state index is 12.9. The number of rotatable bonds is 4. The molecule has 3 aromatic rings. The zero-order chi connectivity index (χ0) is 21.5. The molecule has 1 fully saturated rings. The molecule has 156 valence electrons. The van der Waals surface area contributed by atoms with E-state index in [2.05, 4.69) is 25.8 Å². The summed E-state index contributed by atoms with van der Waals surface area (Å²) in [6, 6.07) is 4.38. The monoisotopic (exact) mass is 417 g/mol. The van der Waals surface area contributed by atoms with Crippen molar-refractivity contribution in [3.05, 3.63) is 42.2 Å². The van der Waals surface area contributed by atoms with Gasteiger partial charge in [-0.3, -0.25) is 9.78 Å². The number of nitrogens with one attached hydrogen (secondary N) is 2. The SMILES string of the molecule is C[C@]1(CNc2nnc(-c3ccc(C(F)(F)F)cc3O)c3ccncc23)CCC(=O)N1. The Labute approximate surface area is 169 Å². The lowest BCUT2D eigenvalue weighted by atomic mass is 10.0. The minimum atomic E-state index is -4.56. The highest BCUT2D eigenvalue weighted by Gasteiger charge is 2.33. The number of halogens is 3. The summed E-state index contributed by atoms with van der Waals surface area (Å²) in [5, 5.41) is 25.8. The van der Waals surface area contributed by atoms with Crippen LogP contribution in [0.5, 0.6) is 5.75 Å². The number of pyridine rings is 1. The van der Waals surface area contributed by atoms with Crippen LogP contribution in [0.25, 0.3) is 22.0 Å². The third-order valence-electron chi connectivity index (χ3n) is 5.15. The van der Waals surface area contributed by atoms with E-state index < -0.39 is 23.0 Å². The quantitative estimate of drug-likeness (QED) is 0.601. The Hall–Kier alpha value is -3.43. The molecule has 7 nitrogen and oxygen atoms in total. The van der Waals surface area contributed by atoms with E-state index in [1.54, 1.807) is 12.3 Å². The van der Waals surface area contributed by atoms with E-state index in [4.69, 9.17) is 0 Å². The number of anilines is 1. The summed E-state index contributed by atoms with van der Waals surface area (Å²) < 4.78 is 38.7. The molecule has 1 aliphatic heterocycles. The highest BCUT2D eigenvalue weighted by atomic mass is 19.4. The number of phenols is 1. The minimum absolute atomic E-state index is 0.00923. The van der Waals surface area contributed by atoms with Crippen molar-refractivity contribution in [1.29, 1.82) is 0 Å². The van der Waals surface area contributed by atoms with E-state index in [1.165, 1.54) is 12.3 Å². The van der Waals surface area contributed by atoms with Crippen molar-refractivity contribution in [3.63, 3.8) is 0 Å². The van der Waals surface area contributed by atoms with Gasteiger partial charge in [-0.05, 0) is 37.6 Å². The lowest BCUT2D eigenvalue weighted by Crippen LogP contribution is -2.44. The molecule has 0 bridgehead atoms. The molecule has 0 radical (unpaired) electrons. The number of benzene rings is 1. The smallest absolute Gasteiger partial charge is 0.416 e. The number of carbonyl (C=O) groups excluding carboxylic acids is 1. The summed E-state index contributed by atoms with van der Waals surface area (Å²) in [5.41, 5.74) is -0.997. The topological polar surface area (TPSA) is 100 Å². The number of hydrogen-bond donors (Lipinski definition) is 3. The minimum Gasteiger partial charge on any atom is -0.507 e. The molecule has 1 atom stereocenters. The van der Waals surface area contributed by atoms with Gasteiger partial charge in [0.1, 0.15) is 11.4 Å². The molecule has 1 saturated heterocycles. The summed E-state index contributed by atoms with van der Waals surface area (Å²) in [4.78, 5) is 15.6. The van der Waals surface area contributed by atoms with Gasteiger partial charge in [-0.25, -0.2) is 0 Å². The Balaban J connectivity index is 1.70. The second kappa shape index (κ2) is 7.12. The number of amides is 1. The van der Waals surface area contributed by atoms with E-state index in [1.807, 2.05) is 6.92 Å². The van der Waals surface area contributed by atoms with Crippen molar-refractivity contribution in [3.8, 4) is 17.0 Å². The van der Waals surface area contributed by atoms with E-state index in [0.29, 0.717) is 42.0 Å². The van der Waals surface area contributed by atoms with Gasteiger partial charge in [0, 0.05) is 41.7 Å². The summed E-state index contributed by atoms with van der Waals surface area (Å²) in [6.45, 7) is 2.34. The van der Waals surface area contributed by atoms with Crippen molar-refractivity contribution in [2.75, 3.05) is 11.9 Å². The number of carbonyl (C=O) groups is 1. The predicted molar refractivity (Wildman–Crippen MR) is 104 cm³/mol. The number of aromatic nitrogens is 3. The van der Waals surface area contributed by atoms with Crippen LogP contribution in [0.4, 0.5) is 19.0 Å². The van der Waals surface area contributed by atoms with Crippen LogP contribution in [0.2, 0.25) is 0 Å². The Kier molecular flexibility index (Phi) is 4.71. The molecule has 0 spiro atoms. The lowest BCUT2D eigenvalue weighted by molar-refractivity contribution is -0.137. The second-order valence-electron chi connectivity index (χ2n) is 7.51. The molecule has 30 heavy (non-hydrogen) atoms. The fourth-order valence-electron chi connectivity index (χ4n) is 3.50. The number of phenolic OH excluding ortho intramolecular Hbond substituents is 1.